The van der Waals surface area contributed by atoms with Crippen LogP contribution in [-0.4, -0.2) is 23.7 Å². The largest absolute Gasteiger partial charge is 0.383 e. The third-order valence-electron chi connectivity index (χ3n) is 3.65. The van der Waals surface area contributed by atoms with Crippen molar-refractivity contribution in [2.45, 2.75) is 45.6 Å². The number of rotatable bonds is 3. The van der Waals surface area contributed by atoms with Gasteiger partial charge in [0.2, 0.25) is 0 Å². The first-order valence-electron chi connectivity index (χ1n) is 6.79. The van der Waals surface area contributed by atoms with Crippen molar-refractivity contribution in [3.63, 3.8) is 0 Å². The number of carbonyl (C=O) groups excluding carboxylic acids is 1. The SMILES string of the molecule is CCc1cccc(CC)c1N1CCCC(O)C1=O. The minimum Gasteiger partial charge on any atom is -0.383 e. The van der Waals surface area contributed by atoms with Crippen LogP contribution in [0.2, 0.25) is 0 Å². The van der Waals surface area contributed by atoms with Gasteiger partial charge < -0.3 is 10.0 Å². The van der Waals surface area contributed by atoms with Crippen LogP contribution in [0.15, 0.2) is 18.2 Å². The van der Waals surface area contributed by atoms with Crippen molar-refractivity contribution in [3.05, 3.63) is 29.3 Å². The molecule has 18 heavy (non-hydrogen) atoms. The Bertz CT molecular complexity index is 420. The first-order chi connectivity index (χ1) is 8.69. The number of aryl methyl sites for hydroxylation is 2. The van der Waals surface area contributed by atoms with Crippen molar-refractivity contribution < 1.29 is 9.90 Å². The van der Waals surface area contributed by atoms with Gasteiger partial charge in [0.15, 0.2) is 0 Å². The lowest BCUT2D eigenvalue weighted by atomic mass is 9.98. The van der Waals surface area contributed by atoms with Gasteiger partial charge in [0.05, 0.1) is 5.69 Å². The summed E-state index contributed by atoms with van der Waals surface area (Å²) in [6.07, 6.45) is 2.44. The van der Waals surface area contributed by atoms with Gasteiger partial charge in [-0.2, -0.15) is 0 Å². The van der Waals surface area contributed by atoms with E-state index in [-0.39, 0.29) is 5.91 Å². The molecule has 3 nitrogen and oxygen atoms in total. The van der Waals surface area contributed by atoms with Crippen LogP contribution in [0.5, 0.6) is 0 Å². The van der Waals surface area contributed by atoms with Crippen LogP contribution in [0.3, 0.4) is 0 Å². The van der Waals surface area contributed by atoms with E-state index in [1.165, 1.54) is 11.1 Å². The van der Waals surface area contributed by atoms with E-state index in [2.05, 4.69) is 26.0 Å². The van der Waals surface area contributed by atoms with Crippen LogP contribution in [0.1, 0.15) is 37.8 Å². The van der Waals surface area contributed by atoms with E-state index in [0.717, 1.165) is 31.5 Å². The second-order valence-corrected chi connectivity index (χ2v) is 4.78. The molecule has 1 N–H and O–H groups in total. The van der Waals surface area contributed by atoms with Crippen molar-refractivity contribution in [2.24, 2.45) is 0 Å². The van der Waals surface area contributed by atoms with Crippen molar-refractivity contribution in [3.8, 4) is 0 Å². The summed E-state index contributed by atoms with van der Waals surface area (Å²) in [5.74, 6) is -0.142. The quantitative estimate of drug-likeness (QED) is 0.890. The number of piperidine rings is 1. The average molecular weight is 247 g/mol. The smallest absolute Gasteiger partial charge is 0.255 e. The topological polar surface area (TPSA) is 40.5 Å². The van der Waals surface area contributed by atoms with Gasteiger partial charge in [0.1, 0.15) is 6.10 Å². The van der Waals surface area contributed by atoms with Crippen molar-refractivity contribution in [1.29, 1.82) is 0 Å². The highest BCUT2D eigenvalue weighted by atomic mass is 16.3. The van der Waals surface area contributed by atoms with Crippen LogP contribution >= 0.6 is 0 Å². The van der Waals surface area contributed by atoms with E-state index in [1.807, 2.05) is 6.07 Å². The van der Waals surface area contributed by atoms with E-state index in [1.54, 1.807) is 4.90 Å². The summed E-state index contributed by atoms with van der Waals surface area (Å²) in [4.78, 5) is 13.9. The molecule has 1 aliphatic heterocycles. The normalized spacial score (nSPS) is 20.3. The number of para-hydroxylation sites is 1. The zero-order chi connectivity index (χ0) is 13.1. The molecule has 1 atom stereocenters. The number of aliphatic hydroxyl groups excluding tert-OH is 1. The Labute approximate surface area is 108 Å². The zero-order valence-electron chi connectivity index (χ0n) is 11.1. The fourth-order valence-electron chi connectivity index (χ4n) is 2.64. The molecule has 1 saturated heterocycles. The van der Waals surface area contributed by atoms with Gasteiger partial charge in [-0.25, -0.2) is 0 Å². The zero-order valence-corrected chi connectivity index (χ0v) is 11.1. The van der Waals surface area contributed by atoms with Gasteiger partial charge in [-0.1, -0.05) is 32.0 Å². The Morgan fingerprint density at radius 1 is 1.28 bits per heavy atom. The van der Waals surface area contributed by atoms with Gasteiger partial charge in [-0.3, -0.25) is 4.79 Å². The molecule has 98 valence electrons. The molecule has 1 aromatic rings. The molecule has 1 aromatic carbocycles. The number of carbonyl (C=O) groups is 1. The maximum atomic E-state index is 12.1. The molecule has 0 saturated carbocycles. The van der Waals surface area contributed by atoms with Crippen LogP contribution < -0.4 is 4.90 Å². The number of aliphatic hydroxyl groups is 1. The monoisotopic (exact) mass is 247 g/mol. The predicted octanol–water partition coefficient (Wildman–Crippen LogP) is 2.30. The molecule has 1 unspecified atom stereocenters. The van der Waals surface area contributed by atoms with Gasteiger partial charge in [0.25, 0.3) is 5.91 Å². The van der Waals surface area contributed by atoms with Crippen LogP contribution in [-0.2, 0) is 17.6 Å². The first kappa shape index (κ1) is 13.1. The summed E-state index contributed by atoms with van der Waals surface area (Å²) >= 11 is 0. The molecular formula is C15H21NO2. The van der Waals surface area contributed by atoms with Crippen molar-refractivity contribution in [1.82, 2.24) is 0 Å². The van der Waals surface area contributed by atoms with E-state index >= 15 is 0 Å². The molecule has 0 aliphatic carbocycles. The third kappa shape index (κ3) is 2.27. The number of anilines is 1. The molecule has 2 rings (SSSR count). The maximum absolute atomic E-state index is 12.1. The molecule has 0 aromatic heterocycles. The molecular weight excluding hydrogens is 226 g/mol. The summed E-state index contributed by atoms with van der Waals surface area (Å²) < 4.78 is 0. The fraction of sp³-hybridized carbons (Fsp3) is 0.533. The van der Waals surface area contributed by atoms with Gasteiger partial charge in [-0.15, -0.1) is 0 Å². The highest BCUT2D eigenvalue weighted by Gasteiger charge is 2.29. The Hall–Kier alpha value is -1.35. The second kappa shape index (κ2) is 5.53. The lowest BCUT2D eigenvalue weighted by Crippen LogP contribution is -2.45. The average Bonchev–Trinajstić information content (AvgIpc) is 2.41. The highest BCUT2D eigenvalue weighted by Crippen LogP contribution is 2.30. The summed E-state index contributed by atoms with van der Waals surface area (Å²) in [6.45, 7) is 4.92. The van der Waals surface area contributed by atoms with Gasteiger partial charge >= 0.3 is 0 Å². The number of benzene rings is 1. The molecule has 1 aliphatic rings. The van der Waals surface area contributed by atoms with E-state index in [0.29, 0.717) is 6.42 Å². The second-order valence-electron chi connectivity index (χ2n) is 4.78. The Morgan fingerprint density at radius 3 is 2.44 bits per heavy atom. The lowest BCUT2D eigenvalue weighted by molar-refractivity contribution is -0.128. The number of nitrogens with zero attached hydrogens (tertiary/aromatic N) is 1. The molecule has 0 radical (unpaired) electrons. The Kier molecular flexibility index (Phi) is 4.02. The fourth-order valence-corrected chi connectivity index (χ4v) is 2.64. The summed E-state index contributed by atoms with van der Waals surface area (Å²) in [5.41, 5.74) is 3.42. The van der Waals surface area contributed by atoms with Gasteiger partial charge in [-0.05, 0) is 36.8 Å². The number of hydrogen-bond acceptors (Lipinski definition) is 2. The number of hydrogen-bond donors (Lipinski definition) is 1. The Morgan fingerprint density at radius 2 is 1.89 bits per heavy atom. The van der Waals surface area contributed by atoms with Crippen molar-refractivity contribution >= 4 is 11.6 Å². The molecule has 1 heterocycles. The molecule has 3 heteroatoms. The number of amides is 1. The molecule has 0 spiro atoms. The van der Waals surface area contributed by atoms with E-state index < -0.39 is 6.10 Å². The molecule has 1 amide bonds. The molecule has 0 bridgehead atoms. The third-order valence-corrected chi connectivity index (χ3v) is 3.65. The lowest BCUT2D eigenvalue weighted by Gasteiger charge is -2.32. The highest BCUT2D eigenvalue weighted by molar-refractivity contribution is 5.98. The predicted molar refractivity (Wildman–Crippen MR) is 72.8 cm³/mol. The summed E-state index contributed by atoms with van der Waals surface area (Å²) in [6, 6.07) is 6.19. The van der Waals surface area contributed by atoms with Crippen LogP contribution in [0.4, 0.5) is 5.69 Å². The van der Waals surface area contributed by atoms with Crippen LogP contribution in [0.25, 0.3) is 0 Å². The van der Waals surface area contributed by atoms with E-state index in [9.17, 15) is 9.90 Å². The molecule has 1 fully saturated rings. The maximum Gasteiger partial charge on any atom is 0.255 e. The minimum absolute atomic E-state index is 0.142. The van der Waals surface area contributed by atoms with Gasteiger partial charge in [0, 0.05) is 6.54 Å². The van der Waals surface area contributed by atoms with E-state index in [4.69, 9.17) is 0 Å². The minimum atomic E-state index is -0.826. The Balaban J connectivity index is 2.45. The standard InChI is InChI=1S/C15H21NO2/c1-3-11-7-5-8-12(4-2)14(11)16-10-6-9-13(17)15(16)18/h5,7-8,13,17H,3-4,6,9-10H2,1-2H3. The van der Waals surface area contributed by atoms with Crippen LogP contribution in [0, 0.1) is 0 Å². The van der Waals surface area contributed by atoms with Crippen molar-refractivity contribution in [2.75, 3.05) is 11.4 Å². The summed E-state index contributed by atoms with van der Waals surface area (Å²) in [5, 5.41) is 9.75. The first-order valence-corrected chi connectivity index (χ1v) is 6.79. The summed E-state index contributed by atoms with van der Waals surface area (Å²) in [7, 11) is 0.